The summed E-state index contributed by atoms with van der Waals surface area (Å²) in [5.41, 5.74) is 3.00. The van der Waals surface area contributed by atoms with Gasteiger partial charge in [-0.3, -0.25) is 4.90 Å². The number of ether oxygens (including phenoxy) is 1. The minimum atomic E-state index is 0.422. The number of hydrogen-bond acceptors (Lipinski definition) is 3. The Kier molecular flexibility index (Phi) is 6.68. The highest BCUT2D eigenvalue weighted by Crippen LogP contribution is 2.31. The van der Waals surface area contributed by atoms with Crippen LogP contribution in [0.4, 0.5) is 0 Å². The lowest BCUT2D eigenvalue weighted by atomic mass is 9.95. The lowest BCUT2D eigenvalue weighted by molar-refractivity contribution is 0.0832. The molecule has 1 N–H and O–H groups in total. The van der Waals surface area contributed by atoms with Gasteiger partial charge in [0.05, 0.1) is 6.61 Å². The van der Waals surface area contributed by atoms with Gasteiger partial charge >= 0.3 is 0 Å². The second kappa shape index (κ2) is 8.52. The van der Waals surface area contributed by atoms with Gasteiger partial charge in [-0.25, -0.2) is 0 Å². The van der Waals surface area contributed by atoms with Crippen molar-refractivity contribution in [2.45, 2.75) is 45.2 Å². The van der Waals surface area contributed by atoms with Gasteiger partial charge in [-0.15, -0.1) is 0 Å². The molecule has 2 atom stereocenters. The van der Waals surface area contributed by atoms with Gasteiger partial charge in [0.15, 0.2) is 0 Å². The van der Waals surface area contributed by atoms with E-state index < -0.39 is 0 Å². The van der Waals surface area contributed by atoms with Gasteiger partial charge in [-0.1, -0.05) is 31.2 Å². The summed E-state index contributed by atoms with van der Waals surface area (Å²) in [4.78, 5) is 2.58. The molecule has 3 nitrogen and oxygen atoms in total. The van der Waals surface area contributed by atoms with Crippen LogP contribution < -0.4 is 5.32 Å². The largest absolute Gasteiger partial charge is 0.380 e. The number of aryl methyl sites for hydroxylation is 1. The van der Waals surface area contributed by atoms with Gasteiger partial charge in [0.2, 0.25) is 0 Å². The topological polar surface area (TPSA) is 24.5 Å². The number of benzene rings is 1. The van der Waals surface area contributed by atoms with Crippen LogP contribution in [0, 0.1) is 0 Å². The minimum absolute atomic E-state index is 0.422. The third kappa shape index (κ3) is 4.06. The van der Waals surface area contributed by atoms with E-state index in [0.29, 0.717) is 12.1 Å². The van der Waals surface area contributed by atoms with E-state index in [0.717, 1.165) is 26.3 Å². The van der Waals surface area contributed by atoms with Crippen LogP contribution in [0.3, 0.4) is 0 Å². The maximum Gasteiger partial charge on any atom is 0.0593 e. The predicted octanol–water partition coefficient (Wildman–Crippen LogP) is 3.01. The molecule has 1 aliphatic rings. The second-order valence-electron chi connectivity index (χ2n) is 5.75. The Bertz CT molecular complexity index is 421. The first-order chi connectivity index (χ1) is 10.3. The van der Waals surface area contributed by atoms with Crippen molar-refractivity contribution in [2.75, 3.05) is 33.4 Å². The van der Waals surface area contributed by atoms with E-state index in [4.69, 9.17) is 4.74 Å². The van der Waals surface area contributed by atoms with E-state index >= 15 is 0 Å². The van der Waals surface area contributed by atoms with Crippen molar-refractivity contribution in [2.24, 2.45) is 0 Å². The molecule has 2 rings (SSSR count). The first-order valence-corrected chi connectivity index (χ1v) is 8.38. The van der Waals surface area contributed by atoms with Crippen LogP contribution in [0.2, 0.25) is 0 Å². The average Bonchev–Trinajstić information content (AvgIpc) is 2.70. The summed E-state index contributed by atoms with van der Waals surface area (Å²) in [6.07, 6.45) is 3.72. The van der Waals surface area contributed by atoms with E-state index in [-0.39, 0.29) is 0 Å². The van der Waals surface area contributed by atoms with Crippen molar-refractivity contribution in [1.29, 1.82) is 0 Å². The zero-order valence-electron chi connectivity index (χ0n) is 13.8. The maximum atomic E-state index is 5.56. The van der Waals surface area contributed by atoms with Gasteiger partial charge in [-0.05, 0) is 50.9 Å². The van der Waals surface area contributed by atoms with E-state index in [2.05, 4.69) is 55.4 Å². The summed E-state index contributed by atoms with van der Waals surface area (Å²) in [6.45, 7) is 8.07. The molecule has 1 aromatic rings. The molecule has 0 radical (unpaired) electrons. The van der Waals surface area contributed by atoms with Gasteiger partial charge in [0, 0.05) is 25.2 Å². The van der Waals surface area contributed by atoms with Crippen molar-refractivity contribution in [3.63, 3.8) is 0 Å². The fraction of sp³-hybridized carbons (Fsp3) is 0.667. The van der Waals surface area contributed by atoms with Gasteiger partial charge in [-0.2, -0.15) is 0 Å². The molecule has 0 aliphatic heterocycles. The molecule has 1 aromatic carbocycles. The van der Waals surface area contributed by atoms with Crippen molar-refractivity contribution >= 4 is 0 Å². The van der Waals surface area contributed by atoms with Crippen molar-refractivity contribution in [3.8, 4) is 0 Å². The Morgan fingerprint density at radius 3 is 2.81 bits per heavy atom. The Morgan fingerprint density at radius 2 is 2.10 bits per heavy atom. The maximum absolute atomic E-state index is 5.56. The van der Waals surface area contributed by atoms with E-state index in [9.17, 15) is 0 Å². The Balaban J connectivity index is 2.17. The first kappa shape index (κ1) is 16.5. The second-order valence-corrected chi connectivity index (χ2v) is 5.75. The summed E-state index contributed by atoms with van der Waals surface area (Å²) in [5, 5.41) is 3.57. The third-order valence-corrected chi connectivity index (χ3v) is 4.63. The predicted molar refractivity (Wildman–Crippen MR) is 88.7 cm³/mol. The number of likely N-dealkylation sites (N-methyl/N-ethyl adjacent to an activating group) is 2. The molecule has 21 heavy (non-hydrogen) atoms. The smallest absolute Gasteiger partial charge is 0.0593 e. The number of nitrogens with zero attached hydrogens (tertiary/aromatic N) is 1. The quantitative estimate of drug-likeness (QED) is 0.617. The fourth-order valence-electron chi connectivity index (χ4n) is 3.57. The van der Waals surface area contributed by atoms with Crippen molar-refractivity contribution < 1.29 is 4.74 Å². The normalized spacial score (nSPS) is 22.1. The molecular weight excluding hydrogens is 260 g/mol. The lowest BCUT2D eigenvalue weighted by Gasteiger charge is -2.36. The van der Waals surface area contributed by atoms with Gasteiger partial charge < -0.3 is 10.1 Å². The van der Waals surface area contributed by atoms with Gasteiger partial charge in [0.1, 0.15) is 0 Å². The summed E-state index contributed by atoms with van der Waals surface area (Å²) in [6, 6.07) is 9.90. The molecule has 2 unspecified atom stereocenters. The molecule has 0 heterocycles. The molecule has 0 saturated carbocycles. The van der Waals surface area contributed by atoms with Crippen LogP contribution >= 0.6 is 0 Å². The Morgan fingerprint density at radius 1 is 1.29 bits per heavy atom. The van der Waals surface area contributed by atoms with Gasteiger partial charge in [0.25, 0.3) is 0 Å². The Labute approximate surface area is 129 Å². The van der Waals surface area contributed by atoms with Crippen LogP contribution in [-0.4, -0.2) is 44.3 Å². The summed E-state index contributed by atoms with van der Waals surface area (Å²) < 4.78 is 5.56. The van der Waals surface area contributed by atoms with Crippen LogP contribution in [0.1, 0.15) is 43.9 Å². The molecule has 118 valence electrons. The molecule has 0 amide bonds. The molecule has 0 spiro atoms. The highest BCUT2D eigenvalue weighted by Gasteiger charge is 2.30. The Hall–Kier alpha value is -0.900. The summed E-state index contributed by atoms with van der Waals surface area (Å²) in [5.74, 6) is 0. The highest BCUT2D eigenvalue weighted by molar-refractivity contribution is 5.32. The van der Waals surface area contributed by atoms with Crippen LogP contribution in [0.25, 0.3) is 0 Å². The monoisotopic (exact) mass is 290 g/mol. The van der Waals surface area contributed by atoms with Crippen LogP contribution in [0.5, 0.6) is 0 Å². The summed E-state index contributed by atoms with van der Waals surface area (Å²) >= 11 is 0. The molecule has 0 aromatic heterocycles. The minimum Gasteiger partial charge on any atom is -0.380 e. The average molecular weight is 290 g/mol. The SMILES string of the molecule is CCOCCN(CC)C1CCCc2ccccc2C1NC. The zero-order chi connectivity index (χ0) is 15.1. The standard InChI is InChI=1S/C18H30N2O/c1-4-20(13-14-21-5-2)17-12-8-10-15-9-6-7-11-16(15)18(17)19-3/h6-7,9,11,17-19H,4-5,8,10,12-14H2,1-3H3. The van der Waals surface area contributed by atoms with Crippen LogP contribution in [-0.2, 0) is 11.2 Å². The molecule has 0 bridgehead atoms. The number of hydrogen-bond donors (Lipinski definition) is 1. The number of nitrogens with one attached hydrogen (secondary N) is 1. The van der Waals surface area contributed by atoms with Crippen LogP contribution in [0.15, 0.2) is 24.3 Å². The lowest BCUT2D eigenvalue weighted by Crippen LogP contribution is -2.45. The number of fused-ring (bicyclic) bond motifs is 1. The summed E-state index contributed by atoms with van der Waals surface area (Å²) in [7, 11) is 2.09. The van der Waals surface area contributed by atoms with Crippen molar-refractivity contribution in [1.82, 2.24) is 10.2 Å². The van der Waals surface area contributed by atoms with Crippen molar-refractivity contribution in [3.05, 3.63) is 35.4 Å². The molecule has 0 saturated heterocycles. The van der Waals surface area contributed by atoms with E-state index in [1.54, 1.807) is 0 Å². The fourth-order valence-corrected chi connectivity index (χ4v) is 3.57. The number of rotatable bonds is 7. The zero-order valence-corrected chi connectivity index (χ0v) is 13.8. The highest BCUT2D eigenvalue weighted by atomic mass is 16.5. The third-order valence-electron chi connectivity index (χ3n) is 4.63. The molecule has 0 fully saturated rings. The molecule has 3 heteroatoms. The van der Waals surface area contributed by atoms with E-state index in [1.165, 1.54) is 30.4 Å². The molecular formula is C18H30N2O. The van der Waals surface area contributed by atoms with E-state index in [1.807, 2.05) is 0 Å². The first-order valence-electron chi connectivity index (χ1n) is 8.38. The molecule has 1 aliphatic carbocycles.